The Morgan fingerprint density at radius 2 is 1.28 bits per heavy atom. The molecule has 2 bridgehead atoms. The van der Waals surface area contributed by atoms with Crippen LogP contribution in [0.5, 0.6) is 0 Å². The summed E-state index contributed by atoms with van der Waals surface area (Å²) in [6.45, 7) is 1.68. The Morgan fingerprint density at radius 3 is 1.75 bits per heavy atom. The highest BCUT2D eigenvalue weighted by Gasteiger charge is 2.61. The second-order valence-electron chi connectivity index (χ2n) is 8.95. The van der Waals surface area contributed by atoms with Crippen LogP contribution in [0.3, 0.4) is 0 Å². The fraction of sp³-hybridized carbons (Fsp3) is 0.222. The van der Waals surface area contributed by atoms with Crippen LogP contribution >= 0.6 is 0 Å². The molecule has 4 aliphatic rings. The van der Waals surface area contributed by atoms with Gasteiger partial charge in [-0.3, -0.25) is 19.3 Å². The van der Waals surface area contributed by atoms with E-state index in [1.807, 2.05) is 49.4 Å². The van der Waals surface area contributed by atoms with Gasteiger partial charge in [0.15, 0.2) is 0 Å². The summed E-state index contributed by atoms with van der Waals surface area (Å²) in [5.74, 6) is -2.05. The van der Waals surface area contributed by atoms with E-state index in [1.54, 1.807) is 6.07 Å². The highest BCUT2D eigenvalue weighted by atomic mass is 16.2. The van der Waals surface area contributed by atoms with Gasteiger partial charge in [-0.1, -0.05) is 60.7 Å². The van der Waals surface area contributed by atoms with E-state index in [1.165, 1.54) is 4.90 Å². The number of carbonyl (C=O) groups excluding carboxylic acids is 3. The summed E-state index contributed by atoms with van der Waals surface area (Å²) in [4.78, 5) is 41.0. The minimum atomic E-state index is -0.455. The Kier molecular flexibility index (Phi) is 4.09. The van der Waals surface area contributed by atoms with Crippen molar-refractivity contribution in [3.63, 3.8) is 0 Å². The Bertz CT molecular complexity index is 1180. The molecule has 158 valence electrons. The van der Waals surface area contributed by atoms with Crippen molar-refractivity contribution in [1.29, 1.82) is 0 Å². The van der Waals surface area contributed by atoms with Gasteiger partial charge in [-0.25, -0.2) is 0 Å². The van der Waals surface area contributed by atoms with Crippen LogP contribution < -0.4 is 5.32 Å². The molecule has 32 heavy (non-hydrogen) atoms. The highest BCUT2D eigenvalue weighted by Crippen LogP contribution is 2.60. The lowest BCUT2D eigenvalue weighted by atomic mass is 9.55. The number of nitrogens with zero attached hydrogens (tertiary/aromatic N) is 1. The standard InChI is InChI=1S/C27H22N2O3/c1-15-7-6-8-16(13-15)28-21(30)14-29-26(31)24-22-17-9-2-3-10-18(17)23(25(24)27(29)32)20-12-5-4-11-19(20)22/h2-13,22-25H,14H2,1H3,(H,28,30)/t22?,23?,24-,25-/m1/s1. The maximum absolute atomic E-state index is 13.5. The fourth-order valence-corrected chi connectivity index (χ4v) is 5.96. The molecule has 3 aliphatic carbocycles. The molecule has 1 fully saturated rings. The topological polar surface area (TPSA) is 66.5 Å². The van der Waals surface area contributed by atoms with Gasteiger partial charge in [0.1, 0.15) is 6.54 Å². The third-order valence-corrected chi connectivity index (χ3v) is 7.14. The monoisotopic (exact) mass is 422 g/mol. The molecule has 3 aromatic carbocycles. The van der Waals surface area contributed by atoms with Crippen LogP contribution in [0.15, 0.2) is 72.8 Å². The highest BCUT2D eigenvalue weighted by molar-refractivity contribution is 6.10. The molecule has 1 N–H and O–H groups in total. The van der Waals surface area contributed by atoms with E-state index in [2.05, 4.69) is 29.6 Å². The molecule has 0 spiro atoms. The van der Waals surface area contributed by atoms with Crippen molar-refractivity contribution in [2.24, 2.45) is 11.8 Å². The number of imide groups is 1. The Balaban J connectivity index is 1.35. The molecule has 0 radical (unpaired) electrons. The van der Waals surface area contributed by atoms with Crippen LogP contribution in [0.1, 0.15) is 39.7 Å². The minimum Gasteiger partial charge on any atom is -0.325 e. The van der Waals surface area contributed by atoms with Gasteiger partial charge in [-0.15, -0.1) is 0 Å². The zero-order valence-electron chi connectivity index (χ0n) is 17.6. The number of rotatable bonds is 3. The average Bonchev–Trinajstić information content (AvgIpc) is 3.04. The molecule has 1 aliphatic heterocycles. The summed E-state index contributed by atoms with van der Waals surface area (Å²) in [5.41, 5.74) is 6.20. The van der Waals surface area contributed by atoms with Gasteiger partial charge in [0.25, 0.3) is 0 Å². The van der Waals surface area contributed by atoms with Crippen molar-refractivity contribution >= 4 is 23.4 Å². The predicted molar refractivity (Wildman–Crippen MR) is 120 cm³/mol. The predicted octanol–water partition coefficient (Wildman–Crippen LogP) is 3.83. The van der Waals surface area contributed by atoms with E-state index in [4.69, 9.17) is 0 Å². The van der Waals surface area contributed by atoms with E-state index >= 15 is 0 Å². The first-order valence-corrected chi connectivity index (χ1v) is 10.9. The summed E-state index contributed by atoms with van der Waals surface area (Å²) >= 11 is 0. The van der Waals surface area contributed by atoms with Gasteiger partial charge >= 0.3 is 0 Å². The molecule has 0 unspecified atom stereocenters. The summed E-state index contributed by atoms with van der Waals surface area (Å²) in [6, 6.07) is 23.7. The van der Waals surface area contributed by atoms with E-state index < -0.39 is 11.8 Å². The quantitative estimate of drug-likeness (QED) is 0.653. The SMILES string of the molecule is Cc1cccc(NC(=O)CN2C(=O)[C@@H]3C4c5ccccc5C(c5ccccc54)[C@H]3C2=O)c1. The van der Waals surface area contributed by atoms with E-state index in [9.17, 15) is 14.4 Å². The molecule has 2 atom stereocenters. The van der Waals surface area contributed by atoms with Crippen molar-refractivity contribution in [3.05, 3.63) is 101 Å². The molecule has 3 amide bonds. The first-order valence-electron chi connectivity index (χ1n) is 10.9. The third kappa shape index (κ3) is 2.60. The van der Waals surface area contributed by atoms with Crippen LogP contribution in [0.2, 0.25) is 0 Å². The number of anilines is 1. The molecule has 0 saturated carbocycles. The zero-order chi connectivity index (χ0) is 22.0. The van der Waals surface area contributed by atoms with Crippen molar-refractivity contribution in [2.45, 2.75) is 18.8 Å². The molecule has 0 aromatic heterocycles. The summed E-state index contributed by atoms with van der Waals surface area (Å²) in [7, 11) is 0. The Hall–Kier alpha value is -3.73. The number of nitrogens with one attached hydrogen (secondary N) is 1. The number of hydrogen-bond donors (Lipinski definition) is 1. The average molecular weight is 422 g/mol. The maximum atomic E-state index is 13.5. The first kappa shape index (κ1) is 19.0. The summed E-state index contributed by atoms with van der Waals surface area (Å²) in [6.07, 6.45) is 0. The molecule has 3 aromatic rings. The Morgan fingerprint density at radius 1 is 0.781 bits per heavy atom. The Labute approximate surface area is 186 Å². The molecule has 1 heterocycles. The van der Waals surface area contributed by atoms with Crippen LogP contribution in [-0.2, 0) is 14.4 Å². The molecular formula is C27H22N2O3. The molecule has 5 heteroatoms. The fourth-order valence-electron chi connectivity index (χ4n) is 5.96. The van der Waals surface area contributed by atoms with E-state index in [-0.39, 0.29) is 36.1 Å². The number of likely N-dealkylation sites (tertiary alicyclic amines) is 1. The largest absolute Gasteiger partial charge is 0.325 e. The summed E-state index contributed by atoms with van der Waals surface area (Å²) in [5, 5.41) is 2.82. The molecule has 5 nitrogen and oxygen atoms in total. The third-order valence-electron chi connectivity index (χ3n) is 7.14. The van der Waals surface area contributed by atoms with Gasteiger partial charge in [0.2, 0.25) is 17.7 Å². The van der Waals surface area contributed by atoms with Crippen molar-refractivity contribution in [3.8, 4) is 0 Å². The second kappa shape index (κ2) is 6.89. The molecule has 1 saturated heterocycles. The maximum Gasteiger partial charge on any atom is 0.244 e. The van der Waals surface area contributed by atoms with Crippen LogP contribution in [-0.4, -0.2) is 29.2 Å². The van der Waals surface area contributed by atoms with E-state index in [0.717, 1.165) is 27.8 Å². The molecule has 7 rings (SSSR count). The van der Waals surface area contributed by atoms with Crippen LogP contribution in [0.4, 0.5) is 5.69 Å². The van der Waals surface area contributed by atoms with Gasteiger partial charge in [-0.05, 0) is 46.9 Å². The summed E-state index contributed by atoms with van der Waals surface area (Å²) < 4.78 is 0. The second-order valence-corrected chi connectivity index (χ2v) is 8.95. The zero-order valence-corrected chi connectivity index (χ0v) is 17.6. The van der Waals surface area contributed by atoms with Crippen molar-refractivity contribution < 1.29 is 14.4 Å². The number of amides is 3. The van der Waals surface area contributed by atoms with Gasteiger partial charge in [0.05, 0.1) is 11.8 Å². The minimum absolute atomic E-state index is 0.154. The van der Waals surface area contributed by atoms with Gasteiger partial charge in [-0.2, -0.15) is 0 Å². The van der Waals surface area contributed by atoms with Crippen molar-refractivity contribution in [1.82, 2.24) is 4.90 Å². The van der Waals surface area contributed by atoms with Crippen LogP contribution in [0, 0.1) is 18.8 Å². The van der Waals surface area contributed by atoms with E-state index in [0.29, 0.717) is 5.69 Å². The van der Waals surface area contributed by atoms with Crippen molar-refractivity contribution in [2.75, 3.05) is 11.9 Å². The normalized spacial score (nSPS) is 24.7. The lowest BCUT2D eigenvalue weighted by Gasteiger charge is -2.45. The van der Waals surface area contributed by atoms with Crippen LogP contribution in [0.25, 0.3) is 0 Å². The lowest BCUT2D eigenvalue weighted by molar-refractivity contribution is -0.142. The number of benzene rings is 3. The lowest BCUT2D eigenvalue weighted by Crippen LogP contribution is -2.41. The number of aryl methyl sites for hydroxylation is 1. The smallest absolute Gasteiger partial charge is 0.244 e. The molecular weight excluding hydrogens is 400 g/mol. The number of carbonyl (C=O) groups is 3. The number of hydrogen-bond acceptors (Lipinski definition) is 3. The first-order chi connectivity index (χ1) is 15.5. The van der Waals surface area contributed by atoms with Gasteiger partial charge in [0, 0.05) is 17.5 Å². The van der Waals surface area contributed by atoms with Gasteiger partial charge < -0.3 is 5.32 Å².